The van der Waals surface area contributed by atoms with Crippen molar-refractivity contribution in [1.82, 2.24) is 4.90 Å². The minimum Gasteiger partial charge on any atom is -0.480 e. The molecule has 1 heterocycles. The zero-order chi connectivity index (χ0) is 14.5. The maximum atomic E-state index is 12.8. The standard InChI is InChI=1S/C14H13FN2O2S/c1-10-6-7-17(8-13(18)19)14(16-10)20-9-11-2-4-12(15)5-3-11/h2-7H,1,8-9H2,(H,18,19). The lowest BCUT2D eigenvalue weighted by Gasteiger charge is -2.22. The predicted octanol–water partition coefficient (Wildman–Crippen LogP) is 2.84. The van der Waals surface area contributed by atoms with Crippen LogP contribution in [0, 0.1) is 5.82 Å². The Balaban J connectivity index is 2.03. The molecule has 0 unspecified atom stereocenters. The average molecular weight is 292 g/mol. The normalized spacial score (nSPS) is 14.3. The molecule has 1 N–H and O–H groups in total. The summed E-state index contributed by atoms with van der Waals surface area (Å²) < 4.78 is 12.8. The van der Waals surface area contributed by atoms with E-state index in [4.69, 9.17) is 5.11 Å². The Hall–Kier alpha value is -2.08. The minimum absolute atomic E-state index is 0.154. The Morgan fingerprint density at radius 1 is 1.40 bits per heavy atom. The molecule has 4 nitrogen and oxygen atoms in total. The molecule has 0 saturated heterocycles. The van der Waals surface area contributed by atoms with Crippen LogP contribution < -0.4 is 0 Å². The van der Waals surface area contributed by atoms with Crippen LogP contribution in [0.1, 0.15) is 5.56 Å². The van der Waals surface area contributed by atoms with Gasteiger partial charge in [0.25, 0.3) is 0 Å². The highest BCUT2D eigenvalue weighted by atomic mass is 32.2. The van der Waals surface area contributed by atoms with Gasteiger partial charge in [-0.3, -0.25) is 4.79 Å². The van der Waals surface area contributed by atoms with E-state index < -0.39 is 5.97 Å². The van der Waals surface area contributed by atoms with Gasteiger partial charge in [-0.25, -0.2) is 9.38 Å². The predicted molar refractivity (Wildman–Crippen MR) is 77.8 cm³/mol. The molecule has 1 aromatic rings. The van der Waals surface area contributed by atoms with E-state index in [1.807, 2.05) is 0 Å². The summed E-state index contributed by atoms with van der Waals surface area (Å²) in [5.74, 6) is -0.633. The quantitative estimate of drug-likeness (QED) is 0.927. The van der Waals surface area contributed by atoms with Crippen LogP contribution >= 0.6 is 11.8 Å². The summed E-state index contributed by atoms with van der Waals surface area (Å²) in [4.78, 5) is 16.6. The van der Waals surface area contributed by atoms with Crippen LogP contribution in [0.2, 0.25) is 0 Å². The fraction of sp³-hybridized carbons (Fsp3) is 0.143. The largest absolute Gasteiger partial charge is 0.480 e. The average Bonchev–Trinajstić information content (AvgIpc) is 2.40. The topological polar surface area (TPSA) is 52.9 Å². The first-order chi connectivity index (χ1) is 9.54. The minimum atomic E-state index is -0.933. The number of hydrogen-bond acceptors (Lipinski definition) is 4. The second-order valence-electron chi connectivity index (χ2n) is 4.14. The number of allylic oxidation sites excluding steroid dienone is 1. The molecule has 20 heavy (non-hydrogen) atoms. The number of halogens is 1. The monoisotopic (exact) mass is 292 g/mol. The second-order valence-corrected chi connectivity index (χ2v) is 5.08. The van der Waals surface area contributed by atoms with Crippen LogP contribution in [0.4, 0.5) is 4.39 Å². The molecule has 0 spiro atoms. The van der Waals surface area contributed by atoms with Crippen LogP contribution in [0.5, 0.6) is 0 Å². The first kappa shape index (κ1) is 14.3. The van der Waals surface area contributed by atoms with Gasteiger partial charge in [0.05, 0.1) is 5.70 Å². The number of hydrogen-bond donors (Lipinski definition) is 1. The summed E-state index contributed by atoms with van der Waals surface area (Å²) in [6.07, 6.45) is 3.31. The molecule has 1 aliphatic heterocycles. The first-order valence-corrected chi connectivity index (χ1v) is 6.84. The molecule has 0 saturated carbocycles. The Morgan fingerprint density at radius 3 is 2.75 bits per heavy atom. The molecule has 6 heteroatoms. The van der Waals surface area contributed by atoms with Gasteiger partial charge >= 0.3 is 5.97 Å². The second kappa shape index (κ2) is 6.38. The van der Waals surface area contributed by atoms with E-state index in [0.717, 1.165) is 5.56 Å². The number of carbonyl (C=O) groups is 1. The van der Waals surface area contributed by atoms with Gasteiger partial charge in [-0.15, -0.1) is 0 Å². The smallest absolute Gasteiger partial charge is 0.323 e. The zero-order valence-electron chi connectivity index (χ0n) is 10.6. The van der Waals surface area contributed by atoms with Crippen molar-refractivity contribution < 1.29 is 14.3 Å². The SMILES string of the molecule is C=C1C=CN(CC(=O)O)C(SCc2ccc(F)cc2)=N1. The molecule has 1 aromatic carbocycles. The van der Waals surface area contributed by atoms with Gasteiger partial charge in [0.15, 0.2) is 5.17 Å². The van der Waals surface area contributed by atoms with Crippen molar-refractivity contribution in [2.45, 2.75) is 5.75 Å². The number of aliphatic carboxylic acids is 1. The Kier molecular flexibility index (Phi) is 4.57. The van der Waals surface area contributed by atoms with Crippen molar-refractivity contribution in [1.29, 1.82) is 0 Å². The van der Waals surface area contributed by atoms with Crippen molar-refractivity contribution in [2.75, 3.05) is 6.54 Å². The van der Waals surface area contributed by atoms with E-state index >= 15 is 0 Å². The Bertz CT molecular complexity index is 581. The van der Waals surface area contributed by atoms with E-state index in [0.29, 0.717) is 16.6 Å². The van der Waals surface area contributed by atoms with Crippen molar-refractivity contribution in [2.24, 2.45) is 4.99 Å². The molecule has 0 aromatic heterocycles. The maximum Gasteiger partial charge on any atom is 0.323 e. The van der Waals surface area contributed by atoms with Crippen LogP contribution in [0.15, 0.2) is 53.8 Å². The summed E-state index contributed by atoms with van der Waals surface area (Å²) in [5.41, 5.74) is 1.52. The number of benzene rings is 1. The number of aliphatic imine (C=N–C) groups is 1. The zero-order valence-corrected chi connectivity index (χ0v) is 11.4. The first-order valence-electron chi connectivity index (χ1n) is 5.86. The van der Waals surface area contributed by atoms with Gasteiger partial charge in [-0.1, -0.05) is 30.5 Å². The molecular formula is C14H13FN2O2S. The Labute approximate surface area is 120 Å². The summed E-state index contributed by atoms with van der Waals surface area (Å²) in [7, 11) is 0. The van der Waals surface area contributed by atoms with Crippen LogP contribution in [0.25, 0.3) is 0 Å². The Morgan fingerprint density at radius 2 is 2.10 bits per heavy atom. The number of rotatable bonds is 4. The van der Waals surface area contributed by atoms with Gasteiger partial charge < -0.3 is 10.0 Å². The van der Waals surface area contributed by atoms with E-state index in [2.05, 4.69) is 11.6 Å². The van der Waals surface area contributed by atoms with E-state index in [-0.39, 0.29) is 12.4 Å². The van der Waals surface area contributed by atoms with Gasteiger partial charge in [-0.2, -0.15) is 0 Å². The number of carboxylic acid groups (broad SMARTS) is 1. The molecule has 0 aliphatic carbocycles. The number of amidine groups is 1. The van der Waals surface area contributed by atoms with Gasteiger partial charge in [0.1, 0.15) is 12.4 Å². The summed E-state index contributed by atoms with van der Waals surface area (Å²) in [6, 6.07) is 6.18. The fourth-order valence-electron chi connectivity index (χ4n) is 1.57. The molecule has 0 atom stereocenters. The molecule has 0 radical (unpaired) electrons. The van der Waals surface area contributed by atoms with Crippen molar-refractivity contribution in [3.63, 3.8) is 0 Å². The number of nitrogens with zero attached hydrogens (tertiary/aromatic N) is 2. The van der Waals surface area contributed by atoms with E-state index in [9.17, 15) is 9.18 Å². The van der Waals surface area contributed by atoms with Crippen LogP contribution in [0.3, 0.4) is 0 Å². The molecular weight excluding hydrogens is 279 g/mol. The fourth-order valence-corrected chi connectivity index (χ4v) is 2.54. The third-order valence-corrected chi connectivity index (χ3v) is 3.58. The van der Waals surface area contributed by atoms with Gasteiger partial charge in [0.2, 0.25) is 0 Å². The lowest BCUT2D eigenvalue weighted by atomic mass is 10.2. The van der Waals surface area contributed by atoms with Gasteiger partial charge in [0, 0.05) is 12.0 Å². The van der Waals surface area contributed by atoms with Crippen molar-refractivity contribution in [3.05, 3.63) is 60.2 Å². The molecule has 1 aliphatic rings. The van der Waals surface area contributed by atoms with Crippen molar-refractivity contribution >= 4 is 22.9 Å². The lowest BCUT2D eigenvalue weighted by molar-refractivity contribution is -0.136. The van der Waals surface area contributed by atoms with E-state index in [1.165, 1.54) is 23.9 Å². The highest BCUT2D eigenvalue weighted by Crippen LogP contribution is 2.21. The maximum absolute atomic E-state index is 12.8. The third-order valence-electron chi connectivity index (χ3n) is 2.52. The molecule has 0 fully saturated rings. The molecule has 0 bridgehead atoms. The number of carboxylic acids is 1. The summed E-state index contributed by atoms with van der Waals surface area (Å²) in [5, 5.41) is 9.43. The van der Waals surface area contributed by atoms with E-state index in [1.54, 1.807) is 29.3 Å². The molecule has 2 rings (SSSR count). The summed E-state index contributed by atoms with van der Waals surface area (Å²) in [6.45, 7) is 3.58. The molecule has 104 valence electrons. The highest BCUT2D eigenvalue weighted by Gasteiger charge is 2.16. The van der Waals surface area contributed by atoms with Crippen LogP contribution in [-0.2, 0) is 10.5 Å². The summed E-state index contributed by atoms with van der Waals surface area (Å²) >= 11 is 1.39. The van der Waals surface area contributed by atoms with Crippen molar-refractivity contribution in [3.8, 4) is 0 Å². The van der Waals surface area contributed by atoms with Gasteiger partial charge in [-0.05, 0) is 23.8 Å². The molecule has 0 amide bonds. The highest BCUT2D eigenvalue weighted by molar-refractivity contribution is 8.13. The third kappa shape index (κ3) is 3.96. The van der Waals surface area contributed by atoms with Crippen LogP contribution in [-0.4, -0.2) is 27.7 Å². The lowest BCUT2D eigenvalue weighted by Crippen LogP contribution is -2.30. The number of thioether (sulfide) groups is 1.